The monoisotopic (exact) mass is 390 g/mol. The molecular formula is C22H18N2O3S. The maximum atomic E-state index is 12.8. The molecule has 0 aliphatic carbocycles. The summed E-state index contributed by atoms with van der Waals surface area (Å²) < 4.78 is 2.01. The molecule has 4 rings (SSSR count). The lowest BCUT2D eigenvalue weighted by Gasteiger charge is -2.15. The summed E-state index contributed by atoms with van der Waals surface area (Å²) in [7, 11) is 0. The zero-order valence-corrected chi connectivity index (χ0v) is 16.1. The number of imide groups is 1. The van der Waals surface area contributed by atoms with Gasteiger partial charge < -0.3 is 4.57 Å². The molecule has 1 aliphatic heterocycles. The third-order valence-electron chi connectivity index (χ3n) is 4.65. The quantitative estimate of drug-likeness (QED) is 0.486. The molecule has 1 aromatic heterocycles. The molecule has 0 N–H and O–H groups in total. The second-order valence-corrected chi connectivity index (χ2v) is 7.84. The van der Waals surface area contributed by atoms with Crippen LogP contribution in [-0.2, 0) is 9.59 Å². The van der Waals surface area contributed by atoms with Gasteiger partial charge in [0.25, 0.3) is 0 Å². The molecule has 3 aromatic rings. The molecular weight excluding hydrogens is 372 g/mol. The van der Waals surface area contributed by atoms with Crippen LogP contribution in [0.1, 0.15) is 23.7 Å². The summed E-state index contributed by atoms with van der Waals surface area (Å²) in [4.78, 5) is 38.8. The van der Waals surface area contributed by atoms with Crippen molar-refractivity contribution in [2.75, 3.05) is 4.90 Å². The van der Waals surface area contributed by atoms with Crippen LogP contribution in [0.3, 0.4) is 0 Å². The van der Waals surface area contributed by atoms with Crippen LogP contribution >= 0.6 is 11.8 Å². The van der Waals surface area contributed by atoms with Gasteiger partial charge in [-0.05, 0) is 67.6 Å². The number of thioether (sulfide) groups is 1. The SMILES string of the molecule is CC(=O)c1ccc(N2C(=O)CC(Sc3ccc(-n4cccc4)cc3)C2=O)cc1. The maximum Gasteiger partial charge on any atom is 0.247 e. The summed E-state index contributed by atoms with van der Waals surface area (Å²) in [5, 5.41) is -0.447. The van der Waals surface area contributed by atoms with E-state index in [-0.39, 0.29) is 24.0 Å². The highest BCUT2D eigenvalue weighted by atomic mass is 32.2. The first kappa shape index (κ1) is 18.3. The maximum absolute atomic E-state index is 12.8. The molecule has 2 heterocycles. The Hall–Kier alpha value is -3.12. The molecule has 1 aliphatic rings. The molecule has 2 amide bonds. The van der Waals surface area contributed by atoms with Crippen LogP contribution in [0, 0.1) is 0 Å². The molecule has 0 saturated carbocycles. The van der Waals surface area contributed by atoms with Gasteiger partial charge in [0, 0.05) is 35.0 Å². The molecule has 28 heavy (non-hydrogen) atoms. The lowest BCUT2D eigenvalue weighted by molar-refractivity contribution is -0.121. The van der Waals surface area contributed by atoms with Crippen molar-refractivity contribution in [2.24, 2.45) is 0 Å². The van der Waals surface area contributed by atoms with Gasteiger partial charge in [-0.2, -0.15) is 0 Å². The van der Waals surface area contributed by atoms with Crippen molar-refractivity contribution in [3.8, 4) is 5.69 Å². The van der Waals surface area contributed by atoms with Gasteiger partial charge in [0.1, 0.15) is 0 Å². The Morgan fingerprint density at radius 2 is 1.54 bits per heavy atom. The third-order valence-corrected chi connectivity index (χ3v) is 5.85. The summed E-state index contributed by atoms with van der Waals surface area (Å²) >= 11 is 1.40. The van der Waals surface area contributed by atoms with Crippen LogP contribution in [0.25, 0.3) is 5.69 Å². The third kappa shape index (κ3) is 3.51. The first-order valence-electron chi connectivity index (χ1n) is 8.91. The van der Waals surface area contributed by atoms with Gasteiger partial charge in [-0.25, -0.2) is 4.90 Å². The molecule has 0 radical (unpaired) electrons. The smallest absolute Gasteiger partial charge is 0.247 e. The van der Waals surface area contributed by atoms with Gasteiger partial charge in [-0.1, -0.05) is 0 Å². The highest BCUT2D eigenvalue weighted by Crippen LogP contribution is 2.34. The number of ketones is 1. The van der Waals surface area contributed by atoms with Gasteiger partial charge in [0.2, 0.25) is 11.8 Å². The second kappa shape index (κ2) is 7.48. The molecule has 0 bridgehead atoms. The Bertz CT molecular complexity index is 1020. The second-order valence-electron chi connectivity index (χ2n) is 6.57. The Morgan fingerprint density at radius 3 is 2.14 bits per heavy atom. The van der Waals surface area contributed by atoms with Crippen molar-refractivity contribution in [3.63, 3.8) is 0 Å². The number of hydrogen-bond acceptors (Lipinski definition) is 4. The van der Waals surface area contributed by atoms with Crippen LogP contribution in [-0.4, -0.2) is 27.4 Å². The van der Waals surface area contributed by atoms with E-state index >= 15 is 0 Å². The first-order chi connectivity index (χ1) is 13.5. The first-order valence-corrected chi connectivity index (χ1v) is 9.79. The summed E-state index contributed by atoms with van der Waals surface area (Å²) in [6.07, 6.45) is 4.10. The molecule has 1 unspecified atom stereocenters. The van der Waals surface area contributed by atoms with Crippen LogP contribution in [0.2, 0.25) is 0 Å². The van der Waals surface area contributed by atoms with Gasteiger partial charge in [0.15, 0.2) is 5.78 Å². The Labute approximate surface area is 167 Å². The van der Waals surface area contributed by atoms with E-state index in [1.54, 1.807) is 24.3 Å². The number of amides is 2. The number of nitrogens with zero attached hydrogens (tertiary/aromatic N) is 2. The minimum absolute atomic E-state index is 0.0533. The van der Waals surface area contributed by atoms with E-state index in [1.165, 1.54) is 23.6 Å². The van der Waals surface area contributed by atoms with E-state index in [9.17, 15) is 14.4 Å². The fourth-order valence-corrected chi connectivity index (χ4v) is 4.23. The van der Waals surface area contributed by atoms with Crippen LogP contribution in [0.15, 0.2) is 78.0 Å². The predicted molar refractivity (Wildman–Crippen MR) is 109 cm³/mol. The van der Waals surface area contributed by atoms with E-state index in [0.29, 0.717) is 11.3 Å². The van der Waals surface area contributed by atoms with E-state index in [2.05, 4.69) is 0 Å². The normalized spacial score (nSPS) is 16.6. The topological polar surface area (TPSA) is 59.4 Å². The number of rotatable bonds is 5. The number of carbonyl (C=O) groups is 3. The highest BCUT2D eigenvalue weighted by molar-refractivity contribution is 8.00. The van der Waals surface area contributed by atoms with Crippen LogP contribution < -0.4 is 4.90 Å². The zero-order valence-electron chi connectivity index (χ0n) is 15.2. The number of carbonyl (C=O) groups excluding carboxylic acids is 3. The average molecular weight is 390 g/mol. The number of aromatic nitrogens is 1. The fourth-order valence-electron chi connectivity index (χ4n) is 3.18. The number of anilines is 1. The molecule has 1 saturated heterocycles. The fraction of sp³-hybridized carbons (Fsp3) is 0.136. The summed E-state index contributed by atoms with van der Waals surface area (Å²) in [5.41, 5.74) is 2.10. The number of benzene rings is 2. The number of Topliss-reactive ketones (excluding diaryl/α,β-unsaturated/α-hetero) is 1. The Kier molecular flexibility index (Phi) is 4.88. The van der Waals surface area contributed by atoms with E-state index < -0.39 is 5.25 Å². The van der Waals surface area contributed by atoms with E-state index in [1.807, 2.05) is 53.4 Å². The van der Waals surface area contributed by atoms with Gasteiger partial charge in [-0.15, -0.1) is 11.8 Å². The van der Waals surface area contributed by atoms with Crippen molar-refractivity contribution in [3.05, 3.63) is 78.6 Å². The lowest BCUT2D eigenvalue weighted by Crippen LogP contribution is -2.31. The number of hydrogen-bond donors (Lipinski definition) is 0. The molecule has 2 aromatic carbocycles. The minimum Gasteiger partial charge on any atom is -0.324 e. The van der Waals surface area contributed by atoms with E-state index in [0.717, 1.165) is 10.6 Å². The van der Waals surface area contributed by atoms with Crippen molar-refractivity contribution < 1.29 is 14.4 Å². The Balaban J connectivity index is 1.48. The van der Waals surface area contributed by atoms with Gasteiger partial charge in [0.05, 0.1) is 10.9 Å². The van der Waals surface area contributed by atoms with Crippen LogP contribution in [0.5, 0.6) is 0 Å². The van der Waals surface area contributed by atoms with Gasteiger partial charge in [-0.3, -0.25) is 14.4 Å². The zero-order chi connectivity index (χ0) is 19.7. The van der Waals surface area contributed by atoms with Crippen molar-refractivity contribution >= 4 is 35.0 Å². The molecule has 0 spiro atoms. The Morgan fingerprint density at radius 1 is 0.929 bits per heavy atom. The minimum atomic E-state index is -0.447. The van der Waals surface area contributed by atoms with E-state index in [4.69, 9.17) is 0 Å². The summed E-state index contributed by atoms with van der Waals surface area (Å²) in [5.74, 6) is -0.496. The largest absolute Gasteiger partial charge is 0.324 e. The molecule has 140 valence electrons. The standard InChI is InChI=1S/C22H18N2O3S/c1-15(25)16-4-6-18(7-5-16)24-21(26)14-20(22(24)27)28-19-10-8-17(9-11-19)23-12-2-3-13-23/h2-13,20H,14H2,1H3. The summed E-state index contributed by atoms with van der Waals surface area (Å²) in [6, 6.07) is 18.4. The highest BCUT2D eigenvalue weighted by Gasteiger charge is 2.40. The van der Waals surface area contributed by atoms with Crippen molar-refractivity contribution in [1.29, 1.82) is 0 Å². The van der Waals surface area contributed by atoms with Crippen LogP contribution in [0.4, 0.5) is 5.69 Å². The lowest BCUT2D eigenvalue weighted by atomic mass is 10.1. The molecule has 5 nitrogen and oxygen atoms in total. The molecule has 6 heteroatoms. The van der Waals surface area contributed by atoms with Gasteiger partial charge >= 0.3 is 0 Å². The molecule has 1 fully saturated rings. The predicted octanol–water partition coefficient (Wildman–Crippen LogP) is 4.10. The van der Waals surface area contributed by atoms with Crippen molar-refractivity contribution in [1.82, 2.24) is 4.57 Å². The molecule has 1 atom stereocenters. The average Bonchev–Trinajstić information content (AvgIpc) is 3.31. The van der Waals surface area contributed by atoms with Crippen molar-refractivity contribution in [2.45, 2.75) is 23.5 Å². The summed E-state index contributed by atoms with van der Waals surface area (Å²) in [6.45, 7) is 1.48.